The molecule has 0 unspecified atom stereocenters. The van der Waals surface area contributed by atoms with Gasteiger partial charge in [-0.1, -0.05) is 0 Å². The zero-order valence-electron chi connectivity index (χ0n) is 9.61. The predicted molar refractivity (Wildman–Crippen MR) is 60.5 cm³/mol. The second-order valence-electron chi connectivity index (χ2n) is 5.11. The zero-order valence-corrected chi connectivity index (χ0v) is 9.61. The van der Waals surface area contributed by atoms with Crippen molar-refractivity contribution in [1.82, 2.24) is 4.98 Å². The molecule has 2 bridgehead atoms. The van der Waals surface area contributed by atoms with Crippen molar-refractivity contribution in [2.45, 2.75) is 32.3 Å². The molecule has 3 aliphatic rings. The molecule has 3 heterocycles. The molecule has 3 fully saturated rings. The minimum absolute atomic E-state index is 0.383. The van der Waals surface area contributed by atoms with Gasteiger partial charge in [0.25, 0.3) is 0 Å². The molecule has 1 saturated carbocycles. The van der Waals surface area contributed by atoms with Gasteiger partial charge in [0, 0.05) is 24.3 Å². The van der Waals surface area contributed by atoms with Crippen LogP contribution in [-0.4, -0.2) is 24.3 Å². The van der Waals surface area contributed by atoms with Crippen molar-refractivity contribution in [1.29, 1.82) is 0 Å². The molecular weight excluding hydrogens is 202 g/mol. The van der Waals surface area contributed by atoms with E-state index in [4.69, 9.17) is 9.47 Å². The fourth-order valence-electron chi connectivity index (χ4n) is 2.67. The SMILES string of the molecule is Cc1ccnc(OCC23CCOC(C2)C3)c1. The van der Waals surface area contributed by atoms with Crippen LogP contribution in [0.5, 0.6) is 5.88 Å². The number of fused-ring (bicyclic) bond motifs is 2. The van der Waals surface area contributed by atoms with Crippen molar-refractivity contribution in [3.63, 3.8) is 0 Å². The quantitative estimate of drug-likeness (QED) is 0.782. The number of hydrogen-bond acceptors (Lipinski definition) is 3. The predicted octanol–water partition coefficient (Wildman–Crippen LogP) is 2.34. The lowest BCUT2D eigenvalue weighted by molar-refractivity contribution is -0.160. The third-order valence-corrected chi connectivity index (χ3v) is 3.72. The molecular formula is C13H17NO2. The smallest absolute Gasteiger partial charge is 0.213 e. The summed E-state index contributed by atoms with van der Waals surface area (Å²) in [6.45, 7) is 3.75. The molecule has 0 amide bonds. The summed E-state index contributed by atoms with van der Waals surface area (Å²) in [5.74, 6) is 0.754. The molecule has 1 aromatic heterocycles. The van der Waals surface area contributed by atoms with E-state index >= 15 is 0 Å². The number of rotatable bonds is 3. The van der Waals surface area contributed by atoms with Crippen LogP contribution in [0.1, 0.15) is 24.8 Å². The minimum Gasteiger partial charge on any atom is -0.477 e. The van der Waals surface area contributed by atoms with Crippen LogP contribution in [0.15, 0.2) is 18.3 Å². The highest BCUT2D eigenvalue weighted by atomic mass is 16.5. The Balaban J connectivity index is 1.60. The van der Waals surface area contributed by atoms with Crippen LogP contribution in [0, 0.1) is 12.3 Å². The Morgan fingerprint density at radius 3 is 3.12 bits per heavy atom. The Morgan fingerprint density at radius 2 is 2.44 bits per heavy atom. The first-order chi connectivity index (χ1) is 7.76. The average Bonchev–Trinajstić information content (AvgIpc) is 2.26. The van der Waals surface area contributed by atoms with Gasteiger partial charge in [0.2, 0.25) is 5.88 Å². The lowest BCUT2D eigenvalue weighted by atomic mass is 9.63. The van der Waals surface area contributed by atoms with Gasteiger partial charge in [-0.2, -0.15) is 0 Å². The first-order valence-corrected chi connectivity index (χ1v) is 5.93. The van der Waals surface area contributed by atoms with Gasteiger partial charge in [0.1, 0.15) is 0 Å². The van der Waals surface area contributed by atoms with E-state index in [0.29, 0.717) is 11.5 Å². The van der Waals surface area contributed by atoms with Crippen LogP contribution in [0.2, 0.25) is 0 Å². The molecule has 86 valence electrons. The van der Waals surface area contributed by atoms with Gasteiger partial charge in [-0.05, 0) is 37.8 Å². The molecule has 4 rings (SSSR count). The van der Waals surface area contributed by atoms with Crippen molar-refractivity contribution in [2.75, 3.05) is 13.2 Å². The molecule has 16 heavy (non-hydrogen) atoms. The maximum absolute atomic E-state index is 5.80. The molecule has 3 heteroatoms. The minimum atomic E-state index is 0.383. The number of aromatic nitrogens is 1. The summed E-state index contributed by atoms with van der Waals surface area (Å²) in [4.78, 5) is 4.22. The van der Waals surface area contributed by atoms with Crippen molar-refractivity contribution < 1.29 is 9.47 Å². The zero-order chi connectivity index (χ0) is 11.0. The monoisotopic (exact) mass is 219 g/mol. The number of ether oxygens (including phenoxy) is 2. The van der Waals surface area contributed by atoms with Gasteiger partial charge < -0.3 is 9.47 Å². The second-order valence-corrected chi connectivity index (χ2v) is 5.11. The van der Waals surface area contributed by atoms with E-state index in [1.165, 1.54) is 18.4 Å². The summed E-state index contributed by atoms with van der Waals surface area (Å²) < 4.78 is 11.4. The number of aryl methyl sites for hydroxylation is 1. The maximum atomic E-state index is 5.80. The van der Waals surface area contributed by atoms with Gasteiger partial charge in [0.05, 0.1) is 12.7 Å². The molecule has 0 atom stereocenters. The molecule has 2 aliphatic heterocycles. The van der Waals surface area contributed by atoms with Gasteiger partial charge in [-0.25, -0.2) is 4.98 Å². The Bertz CT molecular complexity index is 380. The maximum Gasteiger partial charge on any atom is 0.213 e. The highest BCUT2D eigenvalue weighted by molar-refractivity contribution is 5.19. The van der Waals surface area contributed by atoms with Crippen LogP contribution in [-0.2, 0) is 4.74 Å². The number of pyridine rings is 1. The van der Waals surface area contributed by atoms with E-state index in [2.05, 4.69) is 11.9 Å². The van der Waals surface area contributed by atoms with Gasteiger partial charge in [-0.15, -0.1) is 0 Å². The molecule has 1 aromatic rings. The molecule has 2 saturated heterocycles. The summed E-state index contributed by atoms with van der Waals surface area (Å²) in [6.07, 6.45) is 5.77. The molecule has 3 nitrogen and oxygen atoms in total. The highest BCUT2D eigenvalue weighted by Crippen LogP contribution is 2.49. The van der Waals surface area contributed by atoms with Gasteiger partial charge in [0.15, 0.2) is 0 Å². The van der Waals surface area contributed by atoms with E-state index in [9.17, 15) is 0 Å². The molecule has 0 N–H and O–H groups in total. The van der Waals surface area contributed by atoms with E-state index < -0.39 is 0 Å². The summed E-state index contributed by atoms with van der Waals surface area (Å²) in [5, 5.41) is 0. The van der Waals surface area contributed by atoms with E-state index in [1.54, 1.807) is 6.20 Å². The molecule has 1 aliphatic carbocycles. The summed E-state index contributed by atoms with van der Waals surface area (Å²) in [5.41, 5.74) is 1.58. The molecule has 0 aromatic carbocycles. The first-order valence-electron chi connectivity index (χ1n) is 5.93. The lowest BCUT2D eigenvalue weighted by Gasteiger charge is -2.51. The number of hydrogen-bond donors (Lipinski definition) is 0. The fraction of sp³-hybridized carbons (Fsp3) is 0.615. The van der Waals surface area contributed by atoms with Gasteiger partial charge >= 0.3 is 0 Å². The van der Waals surface area contributed by atoms with E-state index in [-0.39, 0.29) is 0 Å². The topological polar surface area (TPSA) is 31.4 Å². The Labute approximate surface area is 95.8 Å². The third-order valence-electron chi connectivity index (χ3n) is 3.72. The normalized spacial score (nSPS) is 31.9. The van der Waals surface area contributed by atoms with Crippen LogP contribution in [0.3, 0.4) is 0 Å². The van der Waals surface area contributed by atoms with Crippen molar-refractivity contribution >= 4 is 0 Å². The Hall–Kier alpha value is -1.09. The van der Waals surface area contributed by atoms with Crippen LogP contribution in [0.4, 0.5) is 0 Å². The Kier molecular flexibility index (Phi) is 2.36. The highest BCUT2D eigenvalue weighted by Gasteiger charge is 2.48. The lowest BCUT2D eigenvalue weighted by Crippen LogP contribution is -2.51. The third kappa shape index (κ3) is 1.80. The largest absolute Gasteiger partial charge is 0.477 e. The van der Waals surface area contributed by atoms with Crippen molar-refractivity contribution in [3.8, 4) is 5.88 Å². The summed E-state index contributed by atoms with van der Waals surface area (Å²) in [6, 6.07) is 3.98. The average molecular weight is 219 g/mol. The number of nitrogens with zero attached hydrogens (tertiary/aromatic N) is 1. The van der Waals surface area contributed by atoms with Crippen LogP contribution >= 0.6 is 0 Å². The Morgan fingerprint density at radius 1 is 1.56 bits per heavy atom. The first kappa shape index (κ1) is 10.1. The van der Waals surface area contributed by atoms with Gasteiger partial charge in [-0.3, -0.25) is 0 Å². The summed E-state index contributed by atoms with van der Waals surface area (Å²) in [7, 11) is 0. The molecule has 0 radical (unpaired) electrons. The fourth-order valence-corrected chi connectivity index (χ4v) is 2.67. The second kappa shape index (κ2) is 3.74. The van der Waals surface area contributed by atoms with Crippen molar-refractivity contribution in [2.24, 2.45) is 5.41 Å². The standard InChI is InChI=1S/C13H17NO2/c1-10-2-4-14-12(6-10)16-9-13-3-5-15-11(7-13)8-13/h2,4,6,11H,3,5,7-9H2,1H3. The summed E-state index contributed by atoms with van der Waals surface area (Å²) >= 11 is 0. The van der Waals surface area contributed by atoms with E-state index in [0.717, 1.165) is 25.5 Å². The van der Waals surface area contributed by atoms with Crippen LogP contribution < -0.4 is 4.74 Å². The van der Waals surface area contributed by atoms with E-state index in [1.807, 2.05) is 12.1 Å². The van der Waals surface area contributed by atoms with Crippen LogP contribution in [0.25, 0.3) is 0 Å². The molecule has 0 spiro atoms. The van der Waals surface area contributed by atoms with Crippen molar-refractivity contribution in [3.05, 3.63) is 23.9 Å².